The van der Waals surface area contributed by atoms with Gasteiger partial charge in [-0.25, -0.2) is 4.98 Å². The Hall–Kier alpha value is -3.04. The van der Waals surface area contributed by atoms with Crippen LogP contribution in [0.3, 0.4) is 0 Å². The SMILES string of the molecule is COCCn1c(=O)c2c(-c3nc(C4(OC)CC4)no3)ncn2c2ccccc21. The third-order valence-corrected chi connectivity index (χ3v) is 5.30. The summed E-state index contributed by atoms with van der Waals surface area (Å²) in [5.74, 6) is 0.707. The molecule has 4 aromatic rings. The molecule has 0 bridgehead atoms. The van der Waals surface area contributed by atoms with Gasteiger partial charge in [-0.3, -0.25) is 9.20 Å². The van der Waals surface area contributed by atoms with E-state index in [1.165, 1.54) is 0 Å². The minimum Gasteiger partial charge on any atom is -0.383 e. The first-order valence-electron chi connectivity index (χ1n) is 9.06. The Kier molecular flexibility index (Phi) is 3.81. The lowest BCUT2D eigenvalue weighted by Gasteiger charge is -2.11. The van der Waals surface area contributed by atoms with Gasteiger partial charge in [0.1, 0.15) is 17.4 Å². The number of ether oxygens (including phenoxy) is 2. The number of hydrogen-bond donors (Lipinski definition) is 0. The van der Waals surface area contributed by atoms with Crippen LogP contribution in [0.1, 0.15) is 18.7 Å². The Morgan fingerprint density at radius 2 is 2.00 bits per heavy atom. The first-order valence-corrected chi connectivity index (χ1v) is 9.06. The number of rotatable bonds is 6. The second kappa shape index (κ2) is 6.25. The summed E-state index contributed by atoms with van der Waals surface area (Å²) < 4.78 is 19.6. The van der Waals surface area contributed by atoms with Crippen molar-refractivity contribution in [1.29, 1.82) is 0 Å². The molecule has 1 aromatic carbocycles. The molecule has 3 heterocycles. The zero-order chi connectivity index (χ0) is 19.3. The molecule has 0 aliphatic heterocycles. The van der Waals surface area contributed by atoms with E-state index in [2.05, 4.69) is 15.1 Å². The van der Waals surface area contributed by atoms with Crippen molar-refractivity contribution < 1.29 is 14.0 Å². The van der Waals surface area contributed by atoms with E-state index in [1.54, 1.807) is 29.5 Å². The fourth-order valence-electron chi connectivity index (χ4n) is 3.57. The first kappa shape index (κ1) is 17.1. The Balaban J connectivity index is 1.73. The summed E-state index contributed by atoms with van der Waals surface area (Å²) in [5.41, 5.74) is 1.78. The van der Waals surface area contributed by atoms with E-state index in [-0.39, 0.29) is 11.4 Å². The fraction of sp³-hybridized carbons (Fsp3) is 0.368. The van der Waals surface area contributed by atoms with Crippen molar-refractivity contribution in [2.24, 2.45) is 0 Å². The molecule has 1 aliphatic carbocycles. The molecule has 0 amide bonds. The van der Waals surface area contributed by atoms with Gasteiger partial charge >= 0.3 is 0 Å². The Morgan fingerprint density at radius 3 is 2.71 bits per heavy atom. The second-order valence-electron chi connectivity index (χ2n) is 6.87. The van der Waals surface area contributed by atoms with Crippen molar-refractivity contribution in [3.63, 3.8) is 0 Å². The highest BCUT2D eigenvalue weighted by Gasteiger charge is 2.49. The van der Waals surface area contributed by atoms with Crippen molar-refractivity contribution in [1.82, 2.24) is 24.1 Å². The maximum absolute atomic E-state index is 13.3. The van der Waals surface area contributed by atoms with Crippen molar-refractivity contribution in [3.05, 3.63) is 46.8 Å². The Bertz CT molecular complexity index is 1230. The lowest BCUT2D eigenvalue weighted by molar-refractivity contribution is 0.0689. The predicted octanol–water partition coefficient (Wildman–Crippen LogP) is 1.98. The molecule has 9 nitrogen and oxygen atoms in total. The highest BCUT2D eigenvalue weighted by molar-refractivity contribution is 5.83. The van der Waals surface area contributed by atoms with E-state index in [1.807, 2.05) is 24.3 Å². The van der Waals surface area contributed by atoms with Crippen LogP contribution in [0.5, 0.6) is 0 Å². The molecule has 0 saturated heterocycles. The minimum absolute atomic E-state index is 0.184. The molecule has 9 heteroatoms. The number of para-hydroxylation sites is 2. The van der Waals surface area contributed by atoms with Crippen LogP contribution in [0.15, 0.2) is 39.9 Å². The number of imidazole rings is 1. The van der Waals surface area contributed by atoms with E-state index in [4.69, 9.17) is 14.0 Å². The molecule has 1 saturated carbocycles. The first-order chi connectivity index (χ1) is 13.7. The van der Waals surface area contributed by atoms with Crippen LogP contribution in [-0.4, -0.2) is 44.9 Å². The molecule has 5 rings (SSSR count). The molecular formula is C19H19N5O4. The molecule has 0 unspecified atom stereocenters. The Labute approximate surface area is 159 Å². The molecule has 28 heavy (non-hydrogen) atoms. The summed E-state index contributed by atoms with van der Waals surface area (Å²) in [7, 11) is 3.25. The monoisotopic (exact) mass is 381 g/mol. The van der Waals surface area contributed by atoms with Gasteiger partial charge in [0.25, 0.3) is 11.4 Å². The van der Waals surface area contributed by atoms with E-state index in [0.717, 1.165) is 23.9 Å². The molecule has 3 aromatic heterocycles. The highest BCUT2D eigenvalue weighted by atomic mass is 16.5. The van der Waals surface area contributed by atoms with Crippen LogP contribution in [0.2, 0.25) is 0 Å². The van der Waals surface area contributed by atoms with Crippen molar-refractivity contribution in [2.45, 2.75) is 25.0 Å². The fourth-order valence-corrected chi connectivity index (χ4v) is 3.57. The summed E-state index contributed by atoms with van der Waals surface area (Å²) in [6.45, 7) is 0.851. The van der Waals surface area contributed by atoms with Crippen LogP contribution in [-0.2, 0) is 21.6 Å². The Morgan fingerprint density at radius 1 is 1.21 bits per heavy atom. The summed E-state index contributed by atoms with van der Waals surface area (Å²) in [5, 5.41) is 4.06. The molecule has 0 atom stereocenters. The largest absolute Gasteiger partial charge is 0.383 e. The summed E-state index contributed by atoms with van der Waals surface area (Å²) in [6, 6.07) is 7.68. The minimum atomic E-state index is -0.470. The molecule has 1 fully saturated rings. The third-order valence-electron chi connectivity index (χ3n) is 5.30. The van der Waals surface area contributed by atoms with Gasteiger partial charge in [-0.15, -0.1) is 0 Å². The van der Waals surface area contributed by atoms with Gasteiger partial charge in [0.2, 0.25) is 5.82 Å². The average Bonchev–Trinajstić information content (AvgIpc) is 3.14. The van der Waals surface area contributed by atoms with Gasteiger partial charge in [0, 0.05) is 20.8 Å². The standard InChI is InChI=1S/C19H19N5O4/c1-26-10-9-23-12-5-3-4-6-13(12)24-11-20-14(15(24)17(23)25)16-21-18(22-28-16)19(27-2)7-8-19/h3-6,11H,7-10H2,1-2H3. The van der Waals surface area contributed by atoms with Crippen LogP contribution in [0, 0.1) is 0 Å². The molecule has 0 radical (unpaired) electrons. The quantitative estimate of drug-likeness (QED) is 0.504. The number of methoxy groups -OCH3 is 2. The zero-order valence-electron chi connectivity index (χ0n) is 15.6. The smallest absolute Gasteiger partial charge is 0.279 e. The van der Waals surface area contributed by atoms with Gasteiger partial charge in [-0.2, -0.15) is 4.98 Å². The molecular weight excluding hydrogens is 362 g/mol. The van der Waals surface area contributed by atoms with E-state index in [9.17, 15) is 4.79 Å². The molecule has 144 valence electrons. The van der Waals surface area contributed by atoms with Gasteiger partial charge < -0.3 is 18.6 Å². The van der Waals surface area contributed by atoms with Crippen molar-refractivity contribution in [3.8, 4) is 11.6 Å². The van der Waals surface area contributed by atoms with Gasteiger partial charge in [-0.05, 0) is 25.0 Å². The zero-order valence-corrected chi connectivity index (χ0v) is 15.6. The van der Waals surface area contributed by atoms with Crippen LogP contribution >= 0.6 is 0 Å². The van der Waals surface area contributed by atoms with Crippen LogP contribution in [0.25, 0.3) is 28.1 Å². The lowest BCUT2D eigenvalue weighted by atomic mass is 10.2. The summed E-state index contributed by atoms with van der Waals surface area (Å²) in [4.78, 5) is 22.2. The number of benzene rings is 1. The predicted molar refractivity (Wildman–Crippen MR) is 100 cm³/mol. The number of fused-ring (bicyclic) bond motifs is 3. The van der Waals surface area contributed by atoms with E-state index >= 15 is 0 Å². The average molecular weight is 381 g/mol. The summed E-state index contributed by atoms with van der Waals surface area (Å²) in [6.07, 6.45) is 3.31. The van der Waals surface area contributed by atoms with Gasteiger partial charge in [0.05, 0.1) is 17.6 Å². The van der Waals surface area contributed by atoms with Crippen LogP contribution in [0.4, 0.5) is 0 Å². The van der Waals surface area contributed by atoms with E-state index < -0.39 is 5.60 Å². The van der Waals surface area contributed by atoms with Gasteiger partial charge in [-0.1, -0.05) is 17.3 Å². The van der Waals surface area contributed by atoms with Crippen molar-refractivity contribution >= 4 is 16.6 Å². The highest BCUT2D eigenvalue weighted by Crippen LogP contribution is 2.47. The summed E-state index contributed by atoms with van der Waals surface area (Å²) >= 11 is 0. The molecule has 0 N–H and O–H groups in total. The van der Waals surface area contributed by atoms with Crippen molar-refractivity contribution in [2.75, 3.05) is 20.8 Å². The molecule has 1 aliphatic rings. The maximum atomic E-state index is 13.3. The number of aromatic nitrogens is 5. The van der Waals surface area contributed by atoms with Gasteiger partial charge in [0.15, 0.2) is 5.69 Å². The maximum Gasteiger partial charge on any atom is 0.279 e. The third kappa shape index (κ3) is 2.40. The normalized spacial score (nSPS) is 15.5. The van der Waals surface area contributed by atoms with Crippen LogP contribution < -0.4 is 5.56 Å². The second-order valence-corrected chi connectivity index (χ2v) is 6.87. The lowest BCUT2D eigenvalue weighted by Crippen LogP contribution is -2.24. The number of hydrogen-bond acceptors (Lipinski definition) is 7. The number of nitrogens with zero attached hydrogens (tertiary/aromatic N) is 5. The topological polar surface area (TPSA) is 96.7 Å². The molecule has 0 spiro atoms. The van der Waals surface area contributed by atoms with E-state index in [0.29, 0.717) is 30.2 Å².